The maximum atomic E-state index is 12.9. The van der Waals surface area contributed by atoms with Crippen molar-refractivity contribution in [2.24, 2.45) is 13.0 Å². The van der Waals surface area contributed by atoms with Crippen LogP contribution in [-0.2, 0) is 20.0 Å². The zero-order chi connectivity index (χ0) is 21.0. The molecule has 5 rings (SSSR count). The molecule has 9 heteroatoms. The van der Waals surface area contributed by atoms with Crippen molar-refractivity contribution in [3.8, 4) is 0 Å². The van der Waals surface area contributed by atoms with Gasteiger partial charge in [0.1, 0.15) is 4.83 Å². The van der Waals surface area contributed by atoms with E-state index in [4.69, 9.17) is 0 Å². The molecule has 0 N–H and O–H groups in total. The number of thiophene rings is 1. The van der Waals surface area contributed by atoms with Crippen molar-refractivity contribution in [1.82, 2.24) is 14.1 Å². The Bertz CT molecular complexity index is 1440. The molecular formula is C22H18N3NaO4S. The van der Waals surface area contributed by atoms with Crippen LogP contribution in [-0.4, -0.2) is 20.1 Å². The zero-order valence-electron chi connectivity index (χ0n) is 17.3. The number of hydrogen-bond acceptors (Lipinski definition) is 6. The Morgan fingerprint density at radius 3 is 2.68 bits per heavy atom. The summed E-state index contributed by atoms with van der Waals surface area (Å²) in [4.78, 5) is 43.0. The Morgan fingerprint density at radius 1 is 1.23 bits per heavy atom. The minimum absolute atomic E-state index is 0. The number of carboxylic acid groups (broad SMARTS) is 1. The van der Waals surface area contributed by atoms with Crippen LogP contribution in [0.15, 0.2) is 46.1 Å². The standard InChI is InChI=1S/C22H19N3O4S.Na/c1-24-19(26)18-17(21(27)28)16(30-20(18)25(22(24)29)11-12-6-7-12)10-13-8-9-23-15-5-3-2-4-14(13)15;/h2-5,8-9,12H,6-7,10-11H2,1H3,(H,27,28);/q;+1/p-1. The molecule has 7 nitrogen and oxygen atoms in total. The van der Waals surface area contributed by atoms with Gasteiger partial charge in [0.15, 0.2) is 0 Å². The van der Waals surface area contributed by atoms with Crippen LogP contribution in [0.3, 0.4) is 0 Å². The zero-order valence-corrected chi connectivity index (χ0v) is 20.1. The van der Waals surface area contributed by atoms with Crippen LogP contribution in [0.25, 0.3) is 21.1 Å². The van der Waals surface area contributed by atoms with Crippen molar-refractivity contribution in [3.63, 3.8) is 0 Å². The third-order valence-corrected chi connectivity index (χ3v) is 6.89. The molecule has 0 amide bonds. The number of fused-ring (bicyclic) bond motifs is 2. The third kappa shape index (κ3) is 3.78. The smallest absolute Gasteiger partial charge is 0.545 e. The molecule has 0 radical (unpaired) electrons. The van der Waals surface area contributed by atoms with Crippen LogP contribution in [0.5, 0.6) is 0 Å². The molecule has 4 aromatic rings. The Morgan fingerprint density at radius 2 is 1.97 bits per heavy atom. The van der Waals surface area contributed by atoms with Gasteiger partial charge in [-0.25, -0.2) is 4.79 Å². The number of carbonyl (C=O) groups is 1. The summed E-state index contributed by atoms with van der Waals surface area (Å²) in [6.07, 6.45) is 4.06. The second-order valence-corrected chi connectivity index (χ2v) is 8.82. The molecule has 1 aromatic carbocycles. The second-order valence-electron chi connectivity index (χ2n) is 7.73. The molecule has 0 aliphatic heterocycles. The summed E-state index contributed by atoms with van der Waals surface area (Å²) in [6.45, 7) is 0.494. The van der Waals surface area contributed by atoms with Gasteiger partial charge in [-0.15, -0.1) is 11.3 Å². The van der Waals surface area contributed by atoms with E-state index in [1.54, 1.807) is 10.8 Å². The molecule has 0 atom stereocenters. The normalized spacial score (nSPS) is 13.5. The molecule has 3 heterocycles. The number of nitrogens with zero attached hydrogens (tertiary/aromatic N) is 3. The molecule has 0 unspecified atom stereocenters. The number of carbonyl (C=O) groups excluding carboxylic acids is 1. The summed E-state index contributed by atoms with van der Waals surface area (Å²) in [5.74, 6) is -1.01. The number of pyridine rings is 1. The second kappa shape index (κ2) is 8.35. The number of aromatic nitrogens is 3. The average molecular weight is 443 g/mol. The van der Waals surface area contributed by atoms with E-state index < -0.39 is 17.2 Å². The number of benzene rings is 1. The van der Waals surface area contributed by atoms with Crippen LogP contribution in [0.4, 0.5) is 0 Å². The molecule has 1 saturated carbocycles. The van der Waals surface area contributed by atoms with Crippen LogP contribution >= 0.6 is 11.3 Å². The van der Waals surface area contributed by atoms with E-state index in [2.05, 4.69) is 4.98 Å². The van der Waals surface area contributed by atoms with Crippen LogP contribution in [0.1, 0.15) is 33.6 Å². The van der Waals surface area contributed by atoms with Gasteiger partial charge >= 0.3 is 35.2 Å². The van der Waals surface area contributed by atoms with Gasteiger partial charge in [-0.3, -0.25) is 18.9 Å². The predicted molar refractivity (Wildman–Crippen MR) is 113 cm³/mol. The first kappa shape index (κ1) is 22.0. The van der Waals surface area contributed by atoms with Crippen molar-refractivity contribution in [3.05, 3.63) is 73.4 Å². The van der Waals surface area contributed by atoms with E-state index in [9.17, 15) is 19.5 Å². The van der Waals surface area contributed by atoms with Gasteiger partial charge < -0.3 is 9.90 Å². The van der Waals surface area contributed by atoms with Crippen molar-refractivity contribution < 1.29 is 39.5 Å². The Labute approximate surface area is 203 Å². The maximum absolute atomic E-state index is 12.9. The van der Waals surface area contributed by atoms with E-state index in [0.717, 1.165) is 33.9 Å². The molecule has 3 aromatic heterocycles. The quantitative estimate of drug-likeness (QED) is 0.357. The summed E-state index contributed by atoms with van der Waals surface area (Å²) in [6, 6.07) is 9.48. The first-order valence-electron chi connectivity index (χ1n) is 9.75. The van der Waals surface area contributed by atoms with Gasteiger partial charge in [0.2, 0.25) is 0 Å². The molecule has 152 valence electrons. The SMILES string of the molecule is Cn1c(=O)c2c(C(=O)[O-])c(Cc3ccnc4ccccc34)sc2n(CC2CC2)c1=O.[Na+]. The van der Waals surface area contributed by atoms with Gasteiger partial charge in [-0.2, -0.15) is 0 Å². The van der Waals surface area contributed by atoms with Gasteiger partial charge in [0, 0.05) is 42.0 Å². The van der Waals surface area contributed by atoms with Crippen molar-refractivity contribution in [1.29, 1.82) is 0 Å². The monoisotopic (exact) mass is 443 g/mol. The van der Waals surface area contributed by atoms with Gasteiger partial charge in [0.05, 0.1) is 16.9 Å². The third-order valence-electron chi connectivity index (χ3n) is 5.68. The fourth-order valence-electron chi connectivity index (χ4n) is 3.92. The molecule has 0 saturated heterocycles. The minimum Gasteiger partial charge on any atom is -0.545 e. The largest absolute Gasteiger partial charge is 1.00 e. The van der Waals surface area contributed by atoms with Crippen LogP contribution in [0.2, 0.25) is 0 Å². The summed E-state index contributed by atoms with van der Waals surface area (Å²) in [5.41, 5.74) is 0.603. The van der Waals surface area contributed by atoms with E-state index in [1.165, 1.54) is 18.4 Å². The fraction of sp³-hybridized carbons (Fsp3) is 0.273. The van der Waals surface area contributed by atoms with Gasteiger partial charge in [-0.05, 0) is 36.5 Å². The van der Waals surface area contributed by atoms with E-state index >= 15 is 0 Å². The Hall–Kier alpha value is -2.26. The van der Waals surface area contributed by atoms with Gasteiger partial charge in [0.25, 0.3) is 5.56 Å². The fourth-order valence-corrected chi connectivity index (χ4v) is 5.22. The Balaban J connectivity index is 0.00000231. The number of carboxylic acids is 1. The number of rotatable bonds is 5. The molecule has 1 fully saturated rings. The summed E-state index contributed by atoms with van der Waals surface area (Å²) in [7, 11) is 1.39. The molecule has 1 aliphatic carbocycles. The Kier molecular flexibility index (Phi) is 5.91. The average Bonchev–Trinajstić information content (AvgIpc) is 3.48. The number of aromatic carboxylic acids is 1. The first-order chi connectivity index (χ1) is 14.5. The van der Waals surface area contributed by atoms with Crippen LogP contribution in [0, 0.1) is 5.92 Å². The number of para-hydroxylation sites is 1. The summed E-state index contributed by atoms with van der Waals surface area (Å²) in [5, 5.41) is 13.1. The predicted octanol–water partition coefficient (Wildman–Crippen LogP) is -1.32. The van der Waals surface area contributed by atoms with Crippen molar-refractivity contribution in [2.75, 3.05) is 0 Å². The molecule has 0 bridgehead atoms. The molecule has 31 heavy (non-hydrogen) atoms. The first-order valence-corrected chi connectivity index (χ1v) is 10.6. The summed E-state index contributed by atoms with van der Waals surface area (Å²) < 4.78 is 2.55. The van der Waals surface area contributed by atoms with E-state index in [-0.39, 0.29) is 40.5 Å². The van der Waals surface area contributed by atoms with Crippen molar-refractivity contribution in [2.45, 2.75) is 25.8 Å². The molecule has 0 spiro atoms. The van der Waals surface area contributed by atoms with E-state index in [0.29, 0.717) is 28.6 Å². The van der Waals surface area contributed by atoms with E-state index in [1.807, 2.05) is 30.3 Å². The van der Waals surface area contributed by atoms with Crippen LogP contribution < -0.4 is 45.9 Å². The number of hydrogen-bond donors (Lipinski definition) is 0. The topological polar surface area (TPSA) is 97.0 Å². The molecular weight excluding hydrogens is 425 g/mol. The molecule has 1 aliphatic rings. The minimum atomic E-state index is -1.40. The summed E-state index contributed by atoms with van der Waals surface area (Å²) >= 11 is 1.20. The van der Waals surface area contributed by atoms with Crippen molar-refractivity contribution >= 4 is 38.4 Å². The van der Waals surface area contributed by atoms with Gasteiger partial charge in [-0.1, -0.05) is 18.2 Å². The maximum Gasteiger partial charge on any atom is 1.00 e.